The summed E-state index contributed by atoms with van der Waals surface area (Å²) in [7, 11) is 1.60. The Morgan fingerprint density at radius 1 is 1.30 bits per heavy atom. The molecule has 0 bridgehead atoms. The van der Waals surface area contributed by atoms with Crippen molar-refractivity contribution in [2.45, 2.75) is 26.0 Å². The van der Waals surface area contributed by atoms with E-state index in [0.717, 1.165) is 16.0 Å². The molecule has 0 fully saturated rings. The fourth-order valence-corrected chi connectivity index (χ4v) is 4.99. The van der Waals surface area contributed by atoms with Gasteiger partial charge in [0, 0.05) is 18.5 Å². The second-order valence-electron chi connectivity index (χ2n) is 7.52. The van der Waals surface area contributed by atoms with Gasteiger partial charge in [-0.1, -0.05) is 18.2 Å². The maximum Gasteiger partial charge on any atom is 0.257 e. The lowest BCUT2D eigenvalue weighted by Gasteiger charge is -2.29. The minimum absolute atomic E-state index is 0.0205. The van der Waals surface area contributed by atoms with E-state index in [1.54, 1.807) is 18.0 Å². The lowest BCUT2D eigenvalue weighted by molar-refractivity contribution is -0.142. The van der Waals surface area contributed by atoms with Crippen LogP contribution in [0.2, 0.25) is 0 Å². The second-order valence-corrected chi connectivity index (χ2v) is 8.62. The summed E-state index contributed by atoms with van der Waals surface area (Å²) in [4.78, 5) is 41.2. The molecule has 1 unspecified atom stereocenters. The van der Waals surface area contributed by atoms with Crippen molar-refractivity contribution in [1.82, 2.24) is 9.80 Å². The molecule has 9 heteroatoms. The number of aryl methyl sites for hydroxylation is 1. The average molecular weight is 429 g/mol. The normalized spacial score (nSPS) is 17.0. The quantitative estimate of drug-likeness (QED) is 0.766. The van der Waals surface area contributed by atoms with Gasteiger partial charge in [0.05, 0.1) is 18.7 Å². The molecule has 2 aromatic rings. The fraction of sp³-hybridized carbons (Fsp3) is 0.381. The van der Waals surface area contributed by atoms with Crippen molar-refractivity contribution < 1.29 is 24.2 Å². The number of rotatable bonds is 4. The molecule has 2 aliphatic heterocycles. The number of fused-ring (bicyclic) bond motifs is 3. The van der Waals surface area contributed by atoms with Crippen LogP contribution in [0.3, 0.4) is 0 Å². The van der Waals surface area contributed by atoms with Crippen LogP contribution in [-0.2, 0) is 22.6 Å². The number of aliphatic hydroxyl groups excluding tert-OH is 1. The zero-order valence-electron chi connectivity index (χ0n) is 16.8. The van der Waals surface area contributed by atoms with E-state index in [9.17, 15) is 19.5 Å². The van der Waals surface area contributed by atoms with E-state index in [-0.39, 0.29) is 25.0 Å². The number of para-hydroxylation sites is 1. The molecule has 1 atom stereocenters. The van der Waals surface area contributed by atoms with E-state index in [4.69, 9.17) is 4.74 Å². The highest BCUT2D eigenvalue weighted by Gasteiger charge is 2.35. The number of nitrogens with one attached hydrogen (secondary N) is 1. The summed E-state index contributed by atoms with van der Waals surface area (Å²) in [6.07, 6.45) is -0.787. The molecule has 0 aliphatic carbocycles. The molecule has 1 aromatic carbocycles. The Labute approximate surface area is 178 Å². The van der Waals surface area contributed by atoms with Crippen LogP contribution in [0.1, 0.15) is 26.4 Å². The second kappa shape index (κ2) is 8.08. The van der Waals surface area contributed by atoms with Gasteiger partial charge in [0.2, 0.25) is 5.91 Å². The van der Waals surface area contributed by atoms with Gasteiger partial charge >= 0.3 is 0 Å². The molecular weight excluding hydrogens is 406 g/mol. The number of anilines is 1. The number of amides is 3. The van der Waals surface area contributed by atoms with Crippen molar-refractivity contribution in [2.24, 2.45) is 0 Å². The number of hydrogen-bond donors (Lipinski definition) is 2. The summed E-state index contributed by atoms with van der Waals surface area (Å²) in [5, 5.41) is 13.7. The van der Waals surface area contributed by atoms with E-state index in [2.05, 4.69) is 5.32 Å². The van der Waals surface area contributed by atoms with Crippen LogP contribution in [0.25, 0.3) is 0 Å². The number of benzene rings is 1. The van der Waals surface area contributed by atoms with Crippen molar-refractivity contribution in [3.63, 3.8) is 0 Å². The van der Waals surface area contributed by atoms with Crippen LogP contribution >= 0.6 is 11.3 Å². The summed E-state index contributed by atoms with van der Waals surface area (Å²) < 4.78 is 5.61. The van der Waals surface area contributed by atoms with Gasteiger partial charge in [-0.05, 0) is 30.5 Å². The largest absolute Gasteiger partial charge is 0.490 e. The van der Waals surface area contributed by atoms with Gasteiger partial charge in [-0.25, -0.2) is 0 Å². The molecule has 4 rings (SSSR count). The summed E-state index contributed by atoms with van der Waals surface area (Å²) in [6, 6.07) is 7.42. The van der Waals surface area contributed by atoms with Crippen LogP contribution in [0.5, 0.6) is 5.75 Å². The molecular formula is C21H23N3O5S. The SMILES string of the molecule is Cc1ccccc1OCC(O)C(=O)N1CCc2c(sc3c2C(=O)N(C)CC(=O)N3)C1. The Morgan fingerprint density at radius 2 is 2.07 bits per heavy atom. The number of nitrogens with zero attached hydrogens (tertiary/aromatic N) is 2. The number of hydrogen-bond acceptors (Lipinski definition) is 6. The van der Waals surface area contributed by atoms with E-state index >= 15 is 0 Å². The number of likely N-dealkylation sites (N-methyl/N-ethyl adjacent to an activating group) is 1. The van der Waals surface area contributed by atoms with E-state index < -0.39 is 12.0 Å². The van der Waals surface area contributed by atoms with Gasteiger partial charge in [0.25, 0.3) is 11.8 Å². The molecule has 8 nitrogen and oxygen atoms in total. The van der Waals surface area contributed by atoms with Crippen molar-refractivity contribution >= 4 is 34.1 Å². The Hall–Kier alpha value is -2.91. The maximum absolute atomic E-state index is 12.7. The molecule has 158 valence electrons. The third-order valence-electron chi connectivity index (χ3n) is 5.34. The highest BCUT2D eigenvalue weighted by molar-refractivity contribution is 7.17. The molecule has 0 radical (unpaired) electrons. The van der Waals surface area contributed by atoms with Gasteiger partial charge < -0.3 is 25.0 Å². The number of aliphatic hydroxyl groups is 1. The third-order valence-corrected chi connectivity index (χ3v) is 6.47. The van der Waals surface area contributed by atoms with Crippen molar-refractivity contribution in [3.8, 4) is 5.75 Å². The molecule has 0 spiro atoms. The lowest BCUT2D eigenvalue weighted by Crippen LogP contribution is -2.44. The molecule has 2 N–H and O–H groups in total. The monoisotopic (exact) mass is 429 g/mol. The first-order chi connectivity index (χ1) is 14.3. The highest BCUT2D eigenvalue weighted by Crippen LogP contribution is 2.38. The molecule has 3 amide bonds. The Bertz CT molecular complexity index is 1020. The molecule has 30 heavy (non-hydrogen) atoms. The van der Waals surface area contributed by atoms with Crippen molar-refractivity contribution in [1.29, 1.82) is 0 Å². The predicted octanol–water partition coefficient (Wildman–Crippen LogP) is 1.41. The predicted molar refractivity (Wildman–Crippen MR) is 112 cm³/mol. The zero-order chi connectivity index (χ0) is 21.4. The molecule has 0 saturated heterocycles. The average Bonchev–Trinajstić information content (AvgIpc) is 3.03. The third kappa shape index (κ3) is 3.78. The standard InChI is InChI=1S/C21H23N3O5S/c1-12-5-3-4-6-15(12)29-11-14(25)20(27)24-8-7-13-16(9-24)30-19-18(13)21(28)23(2)10-17(26)22-19/h3-6,14,25H,7-11H2,1-2H3,(H,22,26). The first-order valence-electron chi connectivity index (χ1n) is 9.70. The number of thiophene rings is 1. The van der Waals surface area contributed by atoms with Gasteiger partial charge in [-0.15, -0.1) is 11.3 Å². The highest BCUT2D eigenvalue weighted by atomic mass is 32.1. The zero-order valence-corrected chi connectivity index (χ0v) is 17.6. The number of ether oxygens (including phenoxy) is 1. The van der Waals surface area contributed by atoms with Gasteiger partial charge in [-0.2, -0.15) is 0 Å². The Balaban J connectivity index is 1.46. The smallest absolute Gasteiger partial charge is 0.257 e. The first-order valence-corrected chi connectivity index (χ1v) is 10.5. The Morgan fingerprint density at radius 3 is 2.83 bits per heavy atom. The number of carbonyl (C=O) groups is 3. The maximum atomic E-state index is 12.7. The van der Waals surface area contributed by atoms with Gasteiger partial charge in [0.15, 0.2) is 6.10 Å². The summed E-state index contributed by atoms with van der Waals surface area (Å²) in [5.74, 6) is -0.205. The lowest BCUT2D eigenvalue weighted by atomic mass is 10.0. The van der Waals surface area contributed by atoms with Crippen LogP contribution in [0.4, 0.5) is 5.00 Å². The topological polar surface area (TPSA) is 99.2 Å². The van der Waals surface area contributed by atoms with Gasteiger partial charge in [0.1, 0.15) is 17.4 Å². The fourth-order valence-electron chi connectivity index (χ4n) is 3.72. The van der Waals surface area contributed by atoms with Crippen LogP contribution in [0.15, 0.2) is 24.3 Å². The van der Waals surface area contributed by atoms with Crippen molar-refractivity contribution in [3.05, 3.63) is 45.8 Å². The van der Waals surface area contributed by atoms with Gasteiger partial charge in [-0.3, -0.25) is 14.4 Å². The van der Waals surface area contributed by atoms with Crippen LogP contribution in [0, 0.1) is 6.92 Å². The molecule has 1 aromatic heterocycles. The molecule has 0 saturated carbocycles. The van der Waals surface area contributed by atoms with Crippen LogP contribution in [-0.4, -0.2) is 65.5 Å². The first kappa shape index (κ1) is 20.4. The minimum Gasteiger partial charge on any atom is -0.490 e. The molecule has 2 aliphatic rings. The van der Waals surface area contributed by atoms with Crippen LogP contribution < -0.4 is 10.1 Å². The van der Waals surface area contributed by atoms with Crippen molar-refractivity contribution in [2.75, 3.05) is 32.1 Å². The van der Waals surface area contributed by atoms with E-state index in [1.807, 2.05) is 25.1 Å². The minimum atomic E-state index is -1.28. The summed E-state index contributed by atoms with van der Waals surface area (Å²) in [5.41, 5.74) is 2.33. The number of carbonyl (C=O) groups excluding carboxylic acids is 3. The summed E-state index contributed by atoms with van der Waals surface area (Å²) >= 11 is 1.32. The Kier molecular flexibility index (Phi) is 5.48. The summed E-state index contributed by atoms with van der Waals surface area (Å²) in [6.45, 7) is 2.47. The van der Waals surface area contributed by atoms with E-state index in [1.165, 1.54) is 16.2 Å². The van der Waals surface area contributed by atoms with E-state index in [0.29, 0.717) is 35.8 Å². The molecule has 3 heterocycles.